The van der Waals surface area contributed by atoms with Gasteiger partial charge in [-0.3, -0.25) is 24.1 Å². The van der Waals surface area contributed by atoms with Crippen molar-refractivity contribution in [3.8, 4) is 11.5 Å². The number of hydrogen-bond acceptors (Lipinski definition) is 10. The number of amides is 3. The molecular weight excluding hydrogens is 727 g/mol. The highest BCUT2D eigenvalue weighted by Crippen LogP contribution is 2.68. The molecule has 4 aliphatic rings. The SMILES string of the molecule is CCOC(=O)c1ccc(N2C(=O)C3C(C2=O)[C@@H]2C[C@H]3C3Sc4[nH]c(=O)sc4[C@H](c4ccc(OCC(=O)Nc5ccc6ccccc6c5)c(OC)c4)C32)cc1. The molecule has 5 aromatic rings. The van der Waals surface area contributed by atoms with E-state index in [-0.39, 0.29) is 64.7 Å². The first kappa shape index (κ1) is 34.4. The van der Waals surface area contributed by atoms with Crippen LogP contribution in [0.3, 0.4) is 0 Å². The second-order valence-electron chi connectivity index (χ2n) is 14.0. The molecule has 13 heteroatoms. The standard InChI is InChI=1S/C41H35N3O8S2/c1-3-51-40(48)21-9-13-25(14-10-21)44-38(46)33-26-18-27(34(33)39(44)47)35-32(26)31(36-37(53-35)43-41(49)54-36)23-11-15-28(29(17-23)50-2)52-19-30(45)42-24-12-8-20-6-4-5-7-22(20)16-24/h4-17,26-27,31-35H,3,18-19H2,1-2H3,(H,42,45)(H,43,49)/t26-,27-,31-,32?,33?,34?,35?/m1/s1. The number of fused-ring (bicyclic) bond motifs is 10. The van der Waals surface area contributed by atoms with Crippen LogP contribution in [0.1, 0.15) is 40.1 Å². The number of hydrogen-bond donors (Lipinski definition) is 2. The Kier molecular flexibility index (Phi) is 8.57. The van der Waals surface area contributed by atoms with Crippen molar-refractivity contribution in [1.29, 1.82) is 0 Å². The minimum Gasteiger partial charge on any atom is -0.493 e. The van der Waals surface area contributed by atoms with Gasteiger partial charge in [-0.1, -0.05) is 47.7 Å². The lowest BCUT2D eigenvalue weighted by Crippen LogP contribution is -2.42. The molecule has 54 heavy (non-hydrogen) atoms. The lowest BCUT2D eigenvalue weighted by molar-refractivity contribution is -0.123. The Morgan fingerprint density at radius 3 is 2.41 bits per heavy atom. The molecule has 274 valence electrons. The van der Waals surface area contributed by atoms with Gasteiger partial charge in [0, 0.05) is 21.7 Å². The third-order valence-corrected chi connectivity index (χ3v) is 13.9. The van der Waals surface area contributed by atoms with Crippen LogP contribution >= 0.6 is 23.1 Å². The highest BCUT2D eigenvalue weighted by atomic mass is 32.2. The molecule has 3 heterocycles. The van der Waals surface area contributed by atoms with Gasteiger partial charge in [0.1, 0.15) is 0 Å². The molecule has 9 rings (SSSR count). The fourth-order valence-electron chi connectivity index (χ4n) is 9.21. The highest BCUT2D eigenvalue weighted by Gasteiger charge is 2.69. The van der Waals surface area contributed by atoms with Crippen LogP contribution < -0.4 is 24.6 Å². The second kappa shape index (κ2) is 13.5. The van der Waals surface area contributed by atoms with Crippen molar-refractivity contribution < 1.29 is 33.4 Å². The molecule has 2 bridgehead atoms. The monoisotopic (exact) mass is 761 g/mol. The first-order valence-corrected chi connectivity index (χ1v) is 19.6. The van der Waals surface area contributed by atoms with Gasteiger partial charge in [0.05, 0.1) is 41.8 Å². The van der Waals surface area contributed by atoms with E-state index in [2.05, 4.69) is 10.3 Å². The number of aromatic nitrogens is 1. The lowest BCUT2D eigenvalue weighted by Gasteiger charge is -2.43. The second-order valence-corrected chi connectivity index (χ2v) is 16.3. The molecule has 2 aliphatic heterocycles. The van der Waals surface area contributed by atoms with Gasteiger partial charge < -0.3 is 24.5 Å². The van der Waals surface area contributed by atoms with E-state index >= 15 is 0 Å². The number of ether oxygens (including phenoxy) is 3. The minimum absolute atomic E-state index is 0.00242. The Morgan fingerprint density at radius 2 is 1.65 bits per heavy atom. The summed E-state index contributed by atoms with van der Waals surface area (Å²) >= 11 is 2.79. The molecule has 7 atom stereocenters. The predicted molar refractivity (Wildman–Crippen MR) is 204 cm³/mol. The molecule has 3 amide bonds. The molecule has 2 aliphatic carbocycles. The van der Waals surface area contributed by atoms with Gasteiger partial charge in [0.15, 0.2) is 18.1 Å². The number of nitrogens with one attached hydrogen (secondary N) is 2. The number of rotatable bonds is 9. The van der Waals surface area contributed by atoms with Crippen LogP contribution in [0.25, 0.3) is 10.8 Å². The minimum atomic E-state index is -0.487. The summed E-state index contributed by atoms with van der Waals surface area (Å²) in [5, 5.41) is 5.79. The van der Waals surface area contributed by atoms with Crippen molar-refractivity contribution in [2.24, 2.45) is 29.6 Å². The zero-order valence-corrected chi connectivity index (χ0v) is 30.9. The van der Waals surface area contributed by atoms with Crippen LogP contribution in [0.2, 0.25) is 0 Å². The van der Waals surface area contributed by atoms with E-state index in [4.69, 9.17) is 14.2 Å². The van der Waals surface area contributed by atoms with E-state index < -0.39 is 17.8 Å². The van der Waals surface area contributed by atoms with Crippen LogP contribution in [0, 0.1) is 29.6 Å². The Morgan fingerprint density at radius 1 is 0.889 bits per heavy atom. The van der Waals surface area contributed by atoms with Crippen LogP contribution in [-0.2, 0) is 19.1 Å². The quantitative estimate of drug-likeness (QED) is 0.128. The zero-order chi connectivity index (χ0) is 37.2. The number of carbonyl (C=O) groups excluding carboxylic acids is 4. The summed E-state index contributed by atoms with van der Waals surface area (Å²) < 4.78 is 16.8. The molecule has 11 nitrogen and oxygen atoms in total. The summed E-state index contributed by atoms with van der Waals surface area (Å²) in [6.45, 7) is 1.74. The summed E-state index contributed by atoms with van der Waals surface area (Å²) in [6.07, 6.45) is 0.741. The smallest absolute Gasteiger partial charge is 0.338 e. The summed E-state index contributed by atoms with van der Waals surface area (Å²) in [7, 11) is 1.54. The van der Waals surface area contributed by atoms with Crippen molar-refractivity contribution >= 4 is 68.9 Å². The molecule has 1 aromatic heterocycles. The predicted octanol–water partition coefficient (Wildman–Crippen LogP) is 6.47. The number of aromatic amines is 1. The molecule has 0 radical (unpaired) electrons. The third-order valence-electron chi connectivity index (χ3n) is 11.3. The summed E-state index contributed by atoms with van der Waals surface area (Å²) in [5.41, 5.74) is 2.36. The molecule has 1 saturated heterocycles. The number of benzene rings is 4. The van der Waals surface area contributed by atoms with Crippen LogP contribution in [-0.4, -0.2) is 54.2 Å². The first-order valence-electron chi connectivity index (χ1n) is 17.9. The van der Waals surface area contributed by atoms with Crippen molar-refractivity contribution in [3.05, 3.63) is 111 Å². The van der Waals surface area contributed by atoms with E-state index in [1.165, 1.54) is 16.2 Å². The van der Waals surface area contributed by atoms with E-state index in [9.17, 15) is 24.0 Å². The van der Waals surface area contributed by atoms with Gasteiger partial charge >= 0.3 is 10.8 Å². The maximum atomic E-state index is 14.2. The summed E-state index contributed by atoms with van der Waals surface area (Å²) in [6, 6.07) is 25.7. The average molecular weight is 762 g/mol. The number of H-pyrrole nitrogens is 1. The van der Waals surface area contributed by atoms with E-state index in [0.717, 1.165) is 32.7 Å². The highest BCUT2D eigenvalue weighted by molar-refractivity contribution is 8.00. The Hall–Kier alpha value is -5.40. The molecular formula is C41H35N3O8S2. The topological polar surface area (TPSA) is 144 Å². The van der Waals surface area contributed by atoms with Gasteiger partial charge in [-0.2, -0.15) is 0 Å². The molecule has 4 aromatic carbocycles. The Balaban J connectivity index is 0.972. The fourth-order valence-corrected chi connectivity index (χ4v) is 12.1. The lowest BCUT2D eigenvalue weighted by atomic mass is 9.68. The Labute approximate surface area is 318 Å². The average Bonchev–Trinajstić information content (AvgIpc) is 3.92. The van der Waals surface area contributed by atoms with Gasteiger partial charge in [-0.15, -0.1) is 11.8 Å². The van der Waals surface area contributed by atoms with Crippen molar-refractivity contribution in [2.45, 2.75) is 29.5 Å². The Bertz CT molecular complexity index is 2410. The van der Waals surface area contributed by atoms with E-state index in [0.29, 0.717) is 28.4 Å². The number of thiazole rings is 1. The number of methoxy groups -OCH3 is 1. The van der Waals surface area contributed by atoms with Crippen molar-refractivity contribution in [1.82, 2.24) is 4.98 Å². The first-order chi connectivity index (χ1) is 26.2. The third kappa shape index (κ3) is 5.60. The molecule has 2 N–H and O–H groups in total. The molecule has 3 fully saturated rings. The molecule has 4 unspecified atom stereocenters. The van der Waals surface area contributed by atoms with Crippen molar-refractivity contribution in [3.63, 3.8) is 0 Å². The number of imide groups is 1. The van der Waals surface area contributed by atoms with Gasteiger partial charge in [0.2, 0.25) is 11.8 Å². The van der Waals surface area contributed by atoms with Crippen LogP contribution in [0.5, 0.6) is 11.5 Å². The van der Waals surface area contributed by atoms with Gasteiger partial charge in [-0.05, 0) is 96.0 Å². The van der Waals surface area contributed by atoms with E-state index in [1.54, 1.807) is 56.1 Å². The number of carbonyl (C=O) groups is 4. The maximum absolute atomic E-state index is 14.2. The molecule has 0 spiro atoms. The summed E-state index contributed by atoms with van der Waals surface area (Å²) in [4.78, 5) is 71.3. The maximum Gasteiger partial charge on any atom is 0.338 e. The molecule has 2 saturated carbocycles. The largest absolute Gasteiger partial charge is 0.493 e. The number of anilines is 2. The number of esters is 1. The number of thioether (sulfide) groups is 1. The van der Waals surface area contributed by atoms with Gasteiger partial charge in [-0.25, -0.2) is 4.79 Å². The zero-order valence-electron chi connectivity index (χ0n) is 29.3. The van der Waals surface area contributed by atoms with E-state index in [1.807, 2.05) is 54.6 Å². The van der Waals surface area contributed by atoms with Gasteiger partial charge in [0.25, 0.3) is 5.91 Å². The van der Waals surface area contributed by atoms with Crippen LogP contribution in [0.15, 0.2) is 94.7 Å². The fraction of sp³-hybridized carbons (Fsp3) is 0.293. The normalized spacial score (nSPS) is 24.9. The van der Waals surface area contributed by atoms with Crippen LogP contribution in [0.4, 0.5) is 11.4 Å². The number of nitrogens with zero attached hydrogens (tertiary/aromatic N) is 1. The summed E-state index contributed by atoms with van der Waals surface area (Å²) in [5.74, 6) is -1.72. The van der Waals surface area contributed by atoms with Crippen molar-refractivity contribution in [2.75, 3.05) is 30.5 Å².